The average Bonchev–Trinajstić information content (AvgIpc) is 2.50. The van der Waals surface area contributed by atoms with Crippen LogP contribution < -0.4 is 10.5 Å². The normalized spacial score (nSPS) is 12.6. The molecular formula is C16H21NO3. The lowest BCUT2D eigenvalue weighted by molar-refractivity contribution is 0.0163. The Morgan fingerprint density at radius 1 is 1.15 bits per heavy atom. The van der Waals surface area contributed by atoms with Gasteiger partial charge in [-0.2, -0.15) is 0 Å². The van der Waals surface area contributed by atoms with Gasteiger partial charge in [0.15, 0.2) is 0 Å². The minimum atomic E-state index is -0.632. The van der Waals surface area contributed by atoms with Crippen molar-refractivity contribution in [3.8, 4) is 5.75 Å². The van der Waals surface area contributed by atoms with E-state index >= 15 is 0 Å². The van der Waals surface area contributed by atoms with E-state index in [0.717, 1.165) is 22.1 Å². The van der Waals surface area contributed by atoms with Crippen LogP contribution in [-0.4, -0.2) is 31.0 Å². The fourth-order valence-electron chi connectivity index (χ4n) is 2.15. The number of hydrogen-bond donors (Lipinski definition) is 2. The zero-order valence-electron chi connectivity index (χ0n) is 11.7. The first-order valence-corrected chi connectivity index (χ1v) is 6.85. The molecule has 0 fully saturated rings. The molecule has 0 bridgehead atoms. The van der Waals surface area contributed by atoms with Crippen molar-refractivity contribution in [3.63, 3.8) is 0 Å². The van der Waals surface area contributed by atoms with E-state index in [1.807, 2.05) is 43.3 Å². The summed E-state index contributed by atoms with van der Waals surface area (Å²) in [6, 6.07) is 11.9. The molecule has 20 heavy (non-hydrogen) atoms. The monoisotopic (exact) mass is 275 g/mol. The highest BCUT2D eigenvalue weighted by molar-refractivity contribution is 5.87. The van der Waals surface area contributed by atoms with Gasteiger partial charge in [-0.1, -0.05) is 30.3 Å². The molecule has 3 N–H and O–H groups in total. The van der Waals surface area contributed by atoms with Crippen LogP contribution in [0.3, 0.4) is 0 Å². The fraction of sp³-hybridized carbons (Fsp3) is 0.375. The maximum Gasteiger partial charge on any atom is 0.124 e. The van der Waals surface area contributed by atoms with E-state index in [1.165, 1.54) is 0 Å². The zero-order chi connectivity index (χ0) is 14.4. The number of benzene rings is 2. The first kappa shape index (κ1) is 14.8. The van der Waals surface area contributed by atoms with Crippen LogP contribution in [-0.2, 0) is 11.3 Å². The quantitative estimate of drug-likeness (QED) is 0.812. The molecule has 0 radical (unpaired) electrons. The molecule has 0 saturated heterocycles. The lowest BCUT2D eigenvalue weighted by Crippen LogP contribution is -2.23. The third kappa shape index (κ3) is 3.48. The Kier molecular flexibility index (Phi) is 5.35. The van der Waals surface area contributed by atoms with Gasteiger partial charge in [0.05, 0.1) is 6.61 Å². The fourth-order valence-corrected chi connectivity index (χ4v) is 2.15. The van der Waals surface area contributed by atoms with Gasteiger partial charge in [0.2, 0.25) is 0 Å². The molecule has 2 rings (SSSR count). The highest BCUT2D eigenvalue weighted by Gasteiger charge is 2.10. The molecule has 0 amide bonds. The lowest BCUT2D eigenvalue weighted by atomic mass is 10.0. The van der Waals surface area contributed by atoms with Crippen LogP contribution in [0.25, 0.3) is 10.8 Å². The summed E-state index contributed by atoms with van der Waals surface area (Å²) >= 11 is 0. The predicted octanol–water partition coefficient (Wildman–Crippen LogP) is 2.07. The van der Waals surface area contributed by atoms with Crippen molar-refractivity contribution in [1.29, 1.82) is 0 Å². The van der Waals surface area contributed by atoms with Crippen LogP contribution in [0.5, 0.6) is 5.75 Å². The molecule has 2 aromatic carbocycles. The number of rotatable bonds is 7. The zero-order valence-corrected chi connectivity index (χ0v) is 11.7. The van der Waals surface area contributed by atoms with Gasteiger partial charge >= 0.3 is 0 Å². The van der Waals surface area contributed by atoms with Crippen LogP contribution in [0.15, 0.2) is 36.4 Å². The summed E-state index contributed by atoms with van der Waals surface area (Å²) in [5, 5.41) is 12.0. The summed E-state index contributed by atoms with van der Waals surface area (Å²) in [7, 11) is 0. The molecule has 108 valence electrons. The van der Waals surface area contributed by atoms with Gasteiger partial charge in [0.1, 0.15) is 18.5 Å². The molecule has 4 heteroatoms. The van der Waals surface area contributed by atoms with E-state index in [0.29, 0.717) is 13.2 Å². The summed E-state index contributed by atoms with van der Waals surface area (Å²) in [6.45, 7) is 3.36. The second-order valence-electron chi connectivity index (χ2n) is 4.59. The molecule has 4 nitrogen and oxygen atoms in total. The Morgan fingerprint density at radius 3 is 2.70 bits per heavy atom. The third-order valence-corrected chi connectivity index (χ3v) is 3.15. The highest BCUT2D eigenvalue weighted by atomic mass is 16.5. The number of aliphatic hydroxyl groups excluding tert-OH is 1. The summed E-state index contributed by atoms with van der Waals surface area (Å²) in [6.07, 6.45) is -0.632. The maximum absolute atomic E-state index is 9.74. The maximum atomic E-state index is 9.74. The average molecular weight is 275 g/mol. The number of aliphatic hydroxyl groups is 1. The first-order chi connectivity index (χ1) is 9.76. The SMILES string of the molecule is CCOCC(O)COc1ccc2ccccc2c1CN. The minimum absolute atomic E-state index is 0.200. The van der Waals surface area contributed by atoms with E-state index in [2.05, 4.69) is 0 Å². The van der Waals surface area contributed by atoms with Crippen LogP contribution in [0.2, 0.25) is 0 Å². The van der Waals surface area contributed by atoms with Crippen molar-refractivity contribution in [1.82, 2.24) is 0 Å². The van der Waals surface area contributed by atoms with E-state index in [-0.39, 0.29) is 13.2 Å². The molecule has 0 aliphatic carbocycles. The second kappa shape index (κ2) is 7.24. The molecule has 1 atom stereocenters. The van der Waals surface area contributed by atoms with Gasteiger partial charge in [0, 0.05) is 18.7 Å². The summed E-state index contributed by atoms with van der Waals surface area (Å²) in [4.78, 5) is 0. The highest BCUT2D eigenvalue weighted by Crippen LogP contribution is 2.27. The summed E-state index contributed by atoms with van der Waals surface area (Å²) in [5.41, 5.74) is 6.80. The Hall–Kier alpha value is -1.62. The molecule has 0 heterocycles. The van der Waals surface area contributed by atoms with Gasteiger partial charge in [-0.3, -0.25) is 0 Å². The number of nitrogens with two attached hydrogens (primary N) is 1. The number of fused-ring (bicyclic) bond motifs is 1. The van der Waals surface area contributed by atoms with Crippen molar-refractivity contribution >= 4 is 10.8 Å². The van der Waals surface area contributed by atoms with Gasteiger partial charge in [-0.15, -0.1) is 0 Å². The van der Waals surface area contributed by atoms with Crippen molar-refractivity contribution in [2.75, 3.05) is 19.8 Å². The molecule has 0 aliphatic rings. The predicted molar refractivity (Wildman–Crippen MR) is 79.8 cm³/mol. The topological polar surface area (TPSA) is 64.7 Å². The number of hydrogen-bond acceptors (Lipinski definition) is 4. The van der Waals surface area contributed by atoms with E-state index < -0.39 is 6.10 Å². The largest absolute Gasteiger partial charge is 0.490 e. The smallest absolute Gasteiger partial charge is 0.124 e. The minimum Gasteiger partial charge on any atom is -0.490 e. The van der Waals surface area contributed by atoms with Crippen LogP contribution >= 0.6 is 0 Å². The Morgan fingerprint density at radius 2 is 1.95 bits per heavy atom. The molecule has 2 aromatic rings. The summed E-state index contributed by atoms with van der Waals surface area (Å²) in [5.74, 6) is 0.724. The van der Waals surface area contributed by atoms with Gasteiger partial charge < -0.3 is 20.3 Å². The lowest BCUT2D eigenvalue weighted by Gasteiger charge is -2.16. The van der Waals surface area contributed by atoms with Crippen molar-refractivity contribution < 1.29 is 14.6 Å². The van der Waals surface area contributed by atoms with E-state index in [9.17, 15) is 5.11 Å². The van der Waals surface area contributed by atoms with E-state index in [4.69, 9.17) is 15.2 Å². The van der Waals surface area contributed by atoms with Crippen LogP contribution in [0, 0.1) is 0 Å². The Bertz CT molecular complexity index is 556. The molecule has 0 aromatic heterocycles. The molecule has 0 spiro atoms. The molecular weight excluding hydrogens is 254 g/mol. The molecule has 1 unspecified atom stereocenters. The first-order valence-electron chi connectivity index (χ1n) is 6.85. The standard InChI is InChI=1S/C16H21NO3/c1-2-19-10-13(18)11-20-16-8-7-12-5-3-4-6-14(12)15(16)9-17/h3-8,13,18H,2,9-11,17H2,1H3. The van der Waals surface area contributed by atoms with E-state index in [1.54, 1.807) is 0 Å². The van der Waals surface area contributed by atoms with Crippen LogP contribution in [0.1, 0.15) is 12.5 Å². The Balaban J connectivity index is 2.13. The van der Waals surface area contributed by atoms with Gasteiger partial charge in [0.25, 0.3) is 0 Å². The summed E-state index contributed by atoms with van der Waals surface area (Å²) < 4.78 is 10.8. The second-order valence-corrected chi connectivity index (χ2v) is 4.59. The Labute approximate surface area is 119 Å². The molecule has 0 saturated carbocycles. The van der Waals surface area contributed by atoms with Crippen molar-refractivity contribution in [2.45, 2.75) is 19.6 Å². The van der Waals surface area contributed by atoms with Gasteiger partial charge in [-0.05, 0) is 23.8 Å². The van der Waals surface area contributed by atoms with Crippen LogP contribution in [0.4, 0.5) is 0 Å². The molecule has 0 aliphatic heterocycles. The number of ether oxygens (including phenoxy) is 2. The third-order valence-electron chi connectivity index (χ3n) is 3.15. The van der Waals surface area contributed by atoms with Gasteiger partial charge in [-0.25, -0.2) is 0 Å². The van der Waals surface area contributed by atoms with Crippen molar-refractivity contribution in [2.24, 2.45) is 5.73 Å². The van der Waals surface area contributed by atoms with Crippen molar-refractivity contribution in [3.05, 3.63) is 42.0 Å².